The van der Waals surface area contributed by atoms with Crippen LogP contribution in [0.5, 0.6) is 5.75 Å². The standard InChI is InChI=1S/C21H14BrF3N2O3S/c1-11(13-4-2-3-5-14(13)21(23,24)25)30-17-9-18(31-19(17)20(28)29)27-10-26-15-8-12(22)6-7-16(15)27/h2-11H,1H3,(H,28,29)/p-1/t11-/m1/s1. The molecule has 1 atom stereocenters. The summed E-state index contributed by atoms with van der Waals surface area (Å²) in [6.45, 7) is 1.44. The third kappa shape index (κ3) is 4.17. The number of carboxylic acid groups (broad SMARTS) is 1. The van der Waals surface area contributed by atoms with E-state index in [0.717, 1.165) is 27.4 Å². The molecule has 0 aliphatic carbocycles. The lowest BCUT2D eigenvalue weighted by atomic mass is 10.0. The predicted octanol–water partition coefficient (Wildman–Crippen LogP) is 5.37. The second-order valence-corrected chi connectivity index (χ2v) is 8.60. The van der Waals surface area contributed by atoms with Gasteiger partial charge in [0.05, 0.1) is 27.4 Å². The van der Waals surface area contributed by atoms with Gasteiger partial charge >= 0.3 is 6.18 Å². The van der Waals surface area contributed by atoms with E-state index >= 15 is 0 Å². The van der Waals surface area contributed by atoms with E-state index in [1.807, 2.05) is 18.2 Å². The Labute approximate surface area is 186 Å². The van der Waals surface area contributed by atoms with Gasteiger partial charge in [0.25, 0.3) is 0 Å². The zero-order chi connectivity index (χ0) is 22.3. The van der Waals surface area contributed by atoms with Crippen molar-refractivity contribution < 1.29 is 27.8 Å². The third-order valence-electron chi connectivity index (χ3n) is 4.63. The number of ether oxygens (including phenoxy) is 1. The highest BCUT2D eigenvalue weighted by molar-refractivity contribution is 9.10. The molecule has 4 aromatic rings. The maximum Gasteiger partial charge on any atom is 0.416 e. The molecule has 0 N–H and O–H groups in total. The number of carbonyl (C=O) groups is 1. The summed E-state index contributed by atoms with van der Waals surface area (Å²) in [5, 5.41) is 12.1. The van der Waals surface area contributed by atoms with Crippen molar-refractivity contribution in [1.29, 1.82) is 0 Å². The average molecular weight is 510 g/mol. The molecule has 0 unspecified atom stereocenters. The zero-order valence-electron chi connectivity index (χ0n) is 15.8. The number of halogens is 4. The van der Waals surface area contributed by atoms with E-state index in [1.165, 1.54) is 37.5 Å². The molecule has 2 heterocycles. The maximum absolute atomic E-state index is 13.4. The van der Waals surface area contributed by atoms with Gasteiger partial charge in [-0.3, -0.25) is 4.57 Å². The van der Waals surface area contributed by atoms with Crippen molar-refractivity contribution in [2.75, 3.05) is 0 Å². The van der Waals surface area contributed by atoms with E-state index in [1.54, 1.807) is 4.57 Å². The van der Waals surface area contributed by atoms with Crippen LogP contribution in [0.4, 0.5) is 13.2 Å². The van der Waals surface area contributed by atoms with Crippen LogP contribution in [0.25, 0.3) is 16.0 Å². The van der Waals surface area contributed by atoms with Gasteiger partial charge in [-0.1, -0.05) is 34.1 Å². The van der Waals surface area contributed by atoms with Crippen LogP contribution in [0.2, 0.25) is 0 Å². The number of aromatic carboxylic acids is 1. The van der Waals surface area contributed by atoms with Crippen molar-refractivity contribution in [2.24, 2.45) is 0 Å². The summed E-state index contributed by atoms with van der Waals surface area (Å²) < 4.78 is 48.3. The lowest BCUT2D eigenvalue weighted by Gasteiger charge is -2.20. The summed E-state index contributed by atoms with van der Waals surface area (Å²) in [7, 11) is 0. The highest BCUT2D eigenvalue weighted by atomic mass is 79.9. The number of imidazole rings is 1. The first-order valence-corrected chi connectivity index (χ1v) is 10.6. The molecule has 0 saturated carbocycles. The van der Waals surface area contributed by atoms with Gasteiger partial charge in [0.1, 0.15) is 23.2 Å². The molecule has 5 nitrogen and oxygen atoms in total. The molecular weight excluding hydrogens is 497 g/mol. The van der Waals surface area contributed by atoms with E-state index in [0.29, 0.717) is 10.5 Å². The number of alkyl halides is 3. The second-order valence-electron chi connectivity index (χ2n) is 6.66. The number of thiophene rings is 1. The van der Waals surface area contributed by atoms with Gasteiger partial charge in [0, 0.05) is 16.1 Å². The molecule has 160 valence electrons. The van der Waals surface area contributed by atoms with Crippen molar-refractivity contribution in [3.8, 4) is 10.8 Å². The number of carbonyl (C=O) groups excluding carboxylic acids is 1. The van der Waals surface area contributed by atoms with Crippen LogP contribution in [-0.4, -0.2) is 15.5 Å². The number of fused-ring (bicyclic) bond motifs is 1. The summed E-state index contributed by atoms with van der Waals surface area (Å²) in [6, 6.07) is 11.9. The van der Waals surface area contributed by atoms with E-state index in [9.17, 15) is 23.1 Å². The first kappa shape index (κ1) is 21.4. The SMILES string of the molecule is C[C@@H](Oc1cc(-n2cnc3cc(Br)ccc32)sc1C(=O)[O-])c1ccccc1C(F)(F)F. The van der Waals surface area contributed by atoms with E-state index in [4.69, 9.17) is 4.74 Å². The third-order valence-corrected chi connectivity index (χ3v) is 6.21. The van der Waals surface area contributed by atoms with Gasteiger partial charge in [-0.2, -0.15) is 13.2 Å². The molecule has 0 aliphatic rings. The Bertz CT molecular complexity index is 1280. The fourth-order valence-electron chi connectivity index (χ4n) is 3.24. The highest BCUT2D eigenvalue weighted by Crippen LogP contribution is 2.39. The van der Waals surface area contributed by atoms with Gasteiger partial charge in [-0.05, 0) is 31.2 Å². The summed E-state index contributed by atoms with van der Waals surface area (Å²) in [6.07, 6.45) is -4.07. The van der Waals surface area contributed by atoms with Crippen molar-refractivity contribution in [2.45, 2.75) is 19.2 Å². The van der Waals surface area contributed by atoms with Crippen LogP contribution in [0, 0.1) is 0 Å². The van der Waals surface area contributed by atoms with Crippen molar-refractivity contribution in [3.05, 3.63) is 75.3 Å². The molecule has 2 aromatic carbocycles. The summed E-state index contributed by atoms with van der Waals surface area (Å²) in [4.78, 5) is 15.7. The highest BCUT2D eigenvalue weighted by Gasteiger charge is 2.34. The van der Waals surface area contributed by atoms with E-state index < -0.39 is 23.8 Å². The fourth-order valence-corrected chi connectivity index (χ4v) is 4.49. The van der Waals surface area contributed by atoms with Crippen LogP contribution in [0.15, 0.2) is 59.3 Å². The molecular formula is C21H13BrF3N2O3S-. The number of hydrogen-bond donors (Lipinski definition) is 0. The number of rotatable bonds is 5. The second kappa shape index (κ2) is 8.01. The Morgan fingerprint density at radius 2 is 1.97 bits per heavy atom. The van der Waals surface area contributed by atoms with Gasteiger partial charge < -0.3 is 14.6 Å². The monoisotopic (exact) mass is 509 g/mol. The Balaban J connectivity index is 1.73. The Kier molecular flexibility index (Phi) is 5.52. The molecule has 2 aromatic heterocycles. The zero-order valence-corrected chi connectivity index (χ0v) is 18.2. The average Bonchev–Trinajstić information content (AvgIpc) is 3.31. The first-order valence-electron chi connectivity index (χ1n) is 8.96. The molecule has 0 amide bonds. The van der Waals surface area contributed by atoms with Gasteiger partial charge in [-0.25, -0.2) is 4.98 Å². The Hall–Kier alpha value is -2.85. The maximum atomic E-state index is 13.4. The largest absolute Gasteiger partial charge is 0.544 e. The van der Waals surface area contributed by atoms with E-state index in [-0.39, 0.29) is 16.2 Å². The van der Waals surface area contributed by atoms with Crippen LogP contribution < -0.4 is 9.84 Å². The fraction of sp³-hybridized carbons (Fsp3) is 0.143. The molecule has 0 bridgehead atoms. The molecule has 0 fully saturated rings. The minimum Gasteiger partial charge on any atom is -0.544 e. The van der Waals surface area contributed by atoms with Crippen LogP contribution in [0.3, 0.4) is 0 Å². The lowest BCUT2D eigenvalue weighted by Crippen LogP contribution is -2.22. The Morgan fingerprint density at radius 1 is 1.23 bits per heavy atom. The Morgan fingerprint density at radius 3 is 2.68 bits per heavy atom. The molecule has 0 aliphatic heterocycles. The number of aromatic nitrogens is 2. The molecule has 0 spiro atoms. The smallest absolute Gasteiger partial charge is 0.416 e. The number of benzene rings is 2. The van der Waals surface area contributed by atoms with Crippen LogP contribution in [0.1, 0.15) is 33.8 Å². The number of hydrogen-bond acceptors (Lipinski definition) is 5. The molecule has 31 heavy (non-hydrogen) atoms. The number of carboxylic acids is 1. The van der Waals surface area contributed by atoms with Gasteiger partial charge in [0.2, 0.25) is 0 Å². The van der Waals surface area contributed by atoms with Crippen LogP contribution in [-0.2, 0) is 6.18 Å². The van der Waals surface area contributed by atoms with Crippen molar-refractivity contribution >= 4 is 44.3 Å². The summed E-state index contributed by atoms with van der Waals surface area (Å²) in [5.41, 5.74) is 0.494. The quantitative estimate of drug-likeness (QED) is 0.362. The first-order chi connectivity index (χ1) is 14.6. The lowest BCUT2D eigenvalue weighted by molar-refractivity contribution is -0.254. The van der Waals surface area contributed by atoms with Crippen molar-refractivity contribution in [3.63, 3.8) is 0 Å². The minimum atomic E-state index is -4.56. The normalized spacial score (nSPS) is 12.8. The summed E-state index contributed by atoms with van der Waals surface area (Å²) in [5.74, 6) is -1.54. The van der Waals surface area contributed by atoms with Crippen LogP contribution >= 0.6 is 27.3 Å². The molecule has 0 radical (unpaired) electrons. The number of nitrogens with zero attached hydrogens (tertiary/aromatic N) is 2. The molecule has 10 heteroatoms. The molecule has 4 rings (SSSR count). The summed E-state index contributed by atoms with van der Waals surface area (Å²) >= 11 is 4.26. The van der Waals surface area contributed by atoms with Crippen molar-refractivity contribution in [1.82, 2.24) is 9.55 Å². The van der Waals surface area contributed by atoms with Gasteiger partial charge in [-0.15, -0.1) is 11.3 Å². The molecule has 0 saturated heterocycles. The van der Waals surface area contributed by atoms with Gasteiger partial charge in [0.15, 0.2) is 0 Å². The van der Waals surface area contributed by atoms with E-state index in [2.05, 4.69) is 20.9 Å². The topological polar surface area (TPSA) is 67.2 Å². The minimum absolute atomic E-state index is 0.0663. The predicted molar refractivity (Wildman–Crippen MR) is 111 cm³/mol.